The maximum Gasteiger partial charge on any atom is 0.573 e. The number of ketones is 1. The summed E-state index contributed by atoms with van der Waals surface area (Å²) < 4.78 is 40.9. The summed E-state index contributed by atoms with van der Waals surface area (Å²) in [6, 6.07) is 5.32. The molecule has 0 aromatic heterocycles. The van der Waals surface area contributed by atoms with Crippen LogP contribution in [-0.2, 0) is 16.0 Å². The number of para-hydroxylation sites is 1. The van der Waals surface area contributed by atoms with Crippen molar-refractivity contribution in [2.45, 2.75) is 39.2 Å². The van der Waals surface area contributed by atoms with E-state index in [0.29, 0.717) is 0 Å². The van der Waals surface area contributed by atoms with E-state index in [-0.39, 0.29) is 24.9 Å². The summed E-state index contributed by atoms with van der Waals surface area (Å²) in [6.07, 6.45) is -6.72. The Balaban J connectivity index is 2.55. The first-order chi connectivity index (χ1) is 12.0. The van der Waals surface area contributed by atoms with Crippen molar-refractivity contribution in [3.63, 3.8) is 0 Å². The number of amides is 1. The average Bonchev–Trinajstić information content (AvgIpc) is 2.54. The van der Waals surface area contributed by atoms with Gasteiger partial charge in [0.25, 0.3) is 0 Å². The fourth-order valence-electron chi connectivity index (χ4n) is 2.04. The van der Waals surface area contributed by atoms with Gasteiger partial charge in [-0.15, -0.1) is 13.2 Å². The summed E-state index contributed by atoms with van der Waals surface area (Å²) >= 11 is 0. The van der Waals surface area contributed by atoms with Crippen LogP contribution < -0.4 is 10.1 Å². The molecule has 0 heterocycles. The molecule has 0 aliphatic heterocycles. The first-order valence-corrected chi connectivity index (χ1v) is 7.88. The zero-order valence-electron chi connectivity index (χ0n) is 14.5. The quantitative estimate of drug-likeness (QED) is 0.607. The Hall–Kier alpha value is -2.13. The van der Waals surface area contributed by atoms with E-state index in [1.807, 2.05) is 0 Å². The summed E-state index contributed by atoms with van der Waals surface area (Å²) in [5.41, 5.74) is -0.954. The molecular formula is C17H22F3NO5. The number of ether oxygens (including phenoxy) is 1. The van der Waals surface area contributed by atoms with E-state index in [9.17, 15) is 27.9 Å². The van der Waals surface area contributed by atoms with Gasteiger partial charge in [-0.05, 0) is 6.07 Å². The molecule has 0 fully saturated rings. The second-order valence-corrected chi connectivity index (χ2v) is 6.46. The number of rotatable bonds is 9. The van der Waals surface area contributed by atoms with E-state index in [2.05, 4.69) is 10.1 Å². The van der Waals surface area contributed by atoms with Crippen LogP contribution in [0.15, 0.2) is 24.3 Å². The van der Waals surface area contributed by atoms with Gasteiger partial charge in [0, 0.05) is 30.4 Å². The van der Waals surface area contributed by atoms with Crippen LogP contribution in [0.3, 0.4) is 0 Å². The zero-order chi connectivity index (χ0) is 20.0. The van der Waals surface area contributed by atoms with Gasteiger partial charge in [0.1, 0.15) is 17.6 Å². The molecule has 1 aromatic carbocycles. The second kappa shape index (κ2) is 9.00. The van der Waals surface area contributed by atoms with E-state index in [1.54, 1.807) is 0 Å². The first kappa shape index (κ1) is 21.9. The van der Waals surface area contributed by atoms with Crippen molar-refractivity contribution in [1.82, 2.24) is 5.32 Å². The fourth-order valence-corrected chi connectivity index (χ4v) is 2.04. The molecule has 0 saturated carbocycles. The van der Waals surface area contributed by atoms with Gasteiger partial charge in [-0.2, -0.15) is 0 Å². The molecule has 1 rings (SSSR count). The fraction of sp³-hybridized carbons (Fsp3) is 0.529. The number of halogens is 3. The number of nitrogens with one attached hydrogen (secondary N) is 1. The highest BCUT2D eigenvalue weighted by Gasteiger charge is 2.33. The predicted octanol–water partition coefficient (Wildman–Crippen LogP) is 1.58. The molecule has 6 nitrogen and oxygen atoms in total. The van der Waals surface area contributed by atoms with Gasteiger partial charge in [0.05, 0.1) is 6.61 Å². The van der Waals surface area contributed by atoms with E-state index >= 15 is 0 Å². The highest BCUT2D eigenvalue weighted by Crippen LogP contribution is 2.26. The molecule has 0 aliphatic rings. The third kappa shape index (κ3) is 7.01. The van der Waals surface area contributed by atoms with Crippen molar-refractivity contribution < 1.29 is 37.7 Å². The van der Waals surface area contributed by atoms with Crippen LogP contribution in [0.1, 0.15) is 25.8 Å². The molecule has 1 amide bonds. The average molecular weight is 377 g/mol. The van der Waals surface area contributed by atoms with Crippen LogP contribution >= 0.6 is 0 Å². The number of hydrogen-bond acceptors (Lipinski definition) is 5. The lowest BCUT2D eigenvalue weighted by molar-refractivity contribution is -0.274. The molecule has 26 heavy (non-hydrogen) atoms. The Bertz CT molecular complexity index is 631. The SMILES string of the molecule is CC(C)(CO)[C@@H](O)C(=O)NCCC(=O)Cc1ccccc1OC(F)(F)F. The van der Waals surface area contributed by atoms with Crippen molar-refractivity contribution in [3.05, 3.63) is 29.8 Å². The standard InChI is InChI=1S/C17H22F3NO5/c1-16(2,10-22)14(24)15(25)21-8-7-12(23)9-11-5-3-4-6-13(11)26-17(18,19)20/h3-6,14,22,24H,7-10H2,1-2H3,(H,21,25)/t14-/m0/s1. The highest BCUT2D eigenvalue weighted by atomic mass is 19.4. The maximum atomic E-state index is 12.4. The zero-order valence-corrected chi connectivity index (χ0v) is 14.5. The van der Waals surface area contributed by atoms with Crippen LogP contribution in [0, 0.1) is 5.41 Å². The van der Waals surface area contributed by atoms with Crippen molar-refractivity contribution >= 4 is 11.7 Å². The molecule has 0 aliphatic carbocycles. The molecule has 0 bridgehead atoms. The van der Waals surface area contributed by atoms with Crippen molar-refractivity contribution in [3.8, 4) is 5.75 Å². The smallest absolute Gasteiger partial charge is 0.405 e. The predicted molar refractivity (Wildman–Crippen MR) is 86.3 cm³/mol. The van der Waals surface area contributed by atoms with Gasteiger partial charge in [0.2, 0.25) is 5.91 Å². The normalized spacial score (nSPS) is 13.2. The van der Waals surface area contributed by atoms with Gasteiger partial charge in [-0.3, -0.25) is 9.59 Å². The first-order valence-electron chi connectivity index (χ1n) is 7.88. The summed E-state index contributed by atoms with van der Waals surface area (Å²) in [7, 11) is 0. The molecule has 146 valence electrons. The number of carbonyl (C=O) groups excluding carboxylic acids is 2. The number of aliphatic hydroxyl groups excluding tert-OH is 2. The topological polar surface area (TPSA) is 95.9 Å². The second-order valence-electron chi connectivity index (χ2n) is 6.46. The number of aliphatic hydroxyl groups is 2. The van der Waals surface area contributed by atoms with Crippen LogP contribution in [0.2, 0.25) is 0 Å². The van der Waals surface area contributed by atoms with Gasteiger partial charge < -0.3 is 20.3 Å². The Morgan fingerprint density at radius 3 is 2.42 bits per heavy atom. The minimum absolute atomic E-state index is 0.0848. The molecule has 0 radical (unpaired) electrons. The molecule has 3 N–H and O–H groups in total. The maximum absolute atomic E-state index is 12.4. The lowest BCUT2D eigenvalue weighted by Gasteiger charge is -2.27. The number of benzene rings is 1. The van der Waals surface area contributed by atoms with Crippen molar-refractivity contribution in [2.24, 2.45) is 5.41 Å². The van der Waals surface area contributed by atoms with Crippen LogP contribution in [0.25, 0.3) is 0 Å². The minimum Gasteiger partial charge on any atom is -0.405 e. The largest absolute Gasteiger partial charge is 0.573 e. The van der Waals surface area contributed by atoms with Crippen LogP contribution in [0.4, 0.5) is 13.2 Å². The minimum atomic E-state index is -4.86. The molecule has 0 spiro atoms. The van der Waals surface area contributed by atoms with E-state index < -0.39 is 41.9 Å². The summed E-state index contributed by atoms with van der Waals surface area (Å²) in [4.78, 5) is 23.7. The van der Waals surface area contributed by atoms with Gasteiger partial charge >= 0.3 is 6.36 Å². The molecule has 0 saturated heterocycles. The Morgan fingerprint density at radius 2 is 1.85 bits per heavy atom. The van der Waals surface area contributed by atoms with Crippen LogP contribution in [0.5, 0.6) is 5.75 Å². The number of alkyl halides is 3. The van der Waals surface area contributed by atoms with Gasteiger partial charge in [-0.1, -0.05) is 32.0 Å². The molecule has 1 aromatic rings. The lowest BCUT2D eigenvalue weighted by Crippen LogP contribution is -2.46. The number of Topliss-reactive ketones (excluding diaryl/α,β-unsaturated/α-hetero) is 1. The summed E-state index contributed by atoms with van der Waals surface area (Å²) in [6.45, 7) is 2.51. The van der Waals surface area contributed by atoms with E-state index in [0.717, 1.165) is 6.07 Å². The Kier molecular flexibility index (Phi) is 7.58. The van der Waals surface area contributed by atoms with E-state index in [4.69, 9.17) is 5.11 Å². The third-order valence-electron chi connectivity index (χ3n) is 3.69. The van der Waals surface area contributed by atoms with Gasteiger partial charge in [0.15, 0.2) is 0 Å². The third-order valence-corrected chi connectivity index (χ3v) is 3.69. The summed E-state index contributed by atoms with van der Waals surface area (Å²) in [5.74, 6) is -1.59. The monoisotopic (exact) mass is 377 g/mol. The highest BCUT2D eigenvalue weighted by molar-refractivity contribution is 5.84. The molecule has 0 unspecified atom stereocenters. The van der Waals surface area contributed by atoms with Crippen molar-refractivity contribution in [1.29, 1.82) is 0 Å². The summed E-state index contributed by atoms with van der Waals surface area (Å²) in [5, 5.41) is 21.3. The number of carbonyl (C=O) groups is 2. The van der Waals surface area contributed by atoms with Gasteiger partial charge in [-0.25, -0.2) is 0 Å². The lowest BCUT2D eigenvalue weighted by atomic mass is 9.87. The molecule has 9 heteroatoms. The van der Waals surface area contributed by atoms with Crippen LogP contribution in [-0.4, -0.2) is 47.5 Å². The Morgan fingerprint density at radius 1 is 1.23 bits per heavy atom. The molecule has 1 atom stereocenters. The van der Waals surface area contributed by atoms with Crippen molar-refractivity contribution in [2.75, 3.05) is 13.2 Å². The number of hydrogen-bond donors (Lipinski definition) is 3. The Labute approximate surface area is 149 Å². The van der Waals surface area contributed by atoms with E-state index in [1.165, 1.54) is 32.0 Å². The molecular weight excluding hydrogens is 355 g/mol.